The molecule has 0 bridgehead atoms. The van der Waals surface area contributed by atoms with Crippen LogP contribution in [-0.2, 0) is 6.18 Å². The summed E-state index contributed by atoms with van der Waals surface area (Å²) >= 11 is 0. The molecular formula is C22H13F3N4O. The van der Waals surface area contributed by atoms with Gasteiger partial charge in [0.25, 0.3) is 0 Å². The maximum absolute atomic E-state index is 13.4. The highest BCUT2D eigenvalue weighted by Crippen LogP contribution is 2.31. The van der Waals surface area contributed by atoms with E-state index in [-0.39, 0.29) is 17.0 Å². The number of fused-ring (bicyclic) bond motifs is 2. The van der Waals surface area contributed by atoms with Gasteiger partial charge in [-0.2, -0.15) is 13.2 Å². The Morgan fingerprint density at radius 1 is 0.667 bits per heavy atom. The summed E-state index contributed by atoms with van der Waals surface area (Å²) in [5.41, 5.74) is 0.782. The Labute approximate surface area is 167 Å². The number of aromatic nitrogens is 4. The topological polar surface area (TPSA) is 52.7 Å². The van der Waals surface area contributed by atoms with Crippen LogP contribution in [0.2, 0.25) is 0 Å². The molecule has 0 N–H and O–H groups in total. The van der Waals surface area contributed by atoms with E-state index in [9.17, 15) is 18.0 Å². The minimum atomic E-state index is -4.53. The SMILES string of the molecule is O=c1n(-c2ccccc2)c2nc3ccccc3nc2n1-c1cccc(C(F)(F)F)c1. The van der Waals surface area contributed by atoms with E-state index < -0.39 is 17.4 Å². The van der Waals surface area contributed by atoms with Gasteiger partial charge in [0.15, 0.2) is 11.3 Å². The summed E-state index contributed by atoms with van der Waals surface area (Å²) < 4.78 is 42.3. The Kier molecular flexibility index (Phi) is 3.95. The van der Waals surface area contributed by atoms with Gasteiger partial charge in [-0.3, -0.25) is 0 Å². The van der Waals surface area contributed by atoms with E-state index in [1.807, 2.05) is 6.07 Å². The second-order valence-corrected chi connectivity index (χ2v) is 6.70. The average Bonchev–Trinajstić information content (AvgIpc) is 3.03. The Bertz CT molecular complexity index is 1450. The molecule has 2 heterocycles. The molecule has 0 aliphatic carbocycles. The van der Waals surface area contributed by atoms with Gasteiger partial charge in [-0.05, 0) is 42.5 Å². The Balaban J connectivity index is 1.90. The molecule has 0 atom stereocenters. The lowest BCUT2D eigenvalue weighted by Crippen LogP contribution is -2.22. The standard InChI is InChI=1S/C22H13F3N4O/c23-22(24,25)14-7-6-10-16(13-14)29-20-19(26-17-11-4-5-12-18(17)27-20)28(21(29)30)15-8-2-1-3-9-15/h1-13H. The van der Waals surface area contributed by atoms with Crippen molar-refractivity contribution in [1.29, 1.82) is 0 Å². The van der Waals surface area contributed by atoms with E-state index in [1.54, 1.807) is 48.5 Å². The van der Waals surface area contributed by atoms with Crippen molar-refractivity contribution in [2.24, 2.45) is 0 Å². The molecule has 0 amide bonds. The van der Waals surface area contributed by atoms with Crippen molar-refractivity contribution in [3.05, 3.63) is 94.9 Å². The summed E-state index contributed by atoms with van der Waals surface area (Å²) in [6.45, 7) is 0. The van der Waals surface area contributed by atoms with Crippen LogP contribution >= 0.6 is 0 Å². The number of imidazole rings is 1. The van der Waals surface area contributed by atoms with Crippen LogP contribution < -0.4 is 5.69 Å². The van der Waals surface area contributed by atoms with Crippen molar-refractivity contribution < 1.29 is 13.2 Å². The molecular weight excluding hydrogens is 393 g/mol. The molecule has 0 aliphatic rings. The second kappa shape index (κ2) is 6.55. The van der Waals surface area contributed by atoms with E-state index in [4.69, 9.17) is 0 Å². The minimum absolute atomic E-state index is 0.0686. The molecule has 5 aromatic rings. The van der Waals surface area contributed by atoms with Crippen LogP contribution in [0, 0.1) is 0 Å². The summed E-state index contributed by atoms with van der Waals surface area (Å²) in [5, 5.41) is 0. The number of alkyl halides is 3. The fraction of sp³-hybridized carbons (Fsp3) is 0.0455. The van der Waals surface area contributed by atoms with Gasteiger partial charge in [-0.25, -0.2) is 23.9 Å². The monoisotopic (exact) mass is 406 g/mol. The first kappa shape index (κ1) is 18.1. The zero-order valence-corrected chi connectivity index (χ0v) is 15.3. The van der Waals surface area contributed by atoms with Crippen molar-refractivity contribution in [3.8, 4) is 11.4 Å². The first-order valence-corrected chi connectivity index (χ1v) is 9.07. The zero-order chi connectivity index (χ0) is 20.9. The first-order valence-electron chi connectivity index (χ1n) is 9.07. The Hall–Kier alpha value is -3.94. The van der Waals surface area contributed by atoms with Gasteiger partial charge in [0.2, 0.25) is 0 Å². The van der Waals surface area contributed by atoms with Gasteiger partial charge in [-0.15, -0.1) is 0 Å². The minimum Gasteiger partial charge on any atom is -0.247 e. The number of para-hydroxylation sites is 3. The van der Waals surface area contributed by atoms with Crippen LogP contribution in [0.25, 0.3) is 33.7 Å². The summed E-state index contributed by atoms with van der Waals surface area (Å²) in [7, 11) is 0. The summed E-state index contributed by atoms with van der Waals surface area (Å²) in [6.07, 6.45) is -4.53. The third-order valence-corrected chi connectivity index (χ3v) is 4.79. The highest BCUT2D eigenvalue weighted by Gasteiger charge is 2.31. The molecule has 5 nitrogen and oxygen atoms in total. The summed E-state index contributed by atoms with van der Waals surface area (Å²) in [6, 6.07) is 20.5. The van der Waals surface area contributed by atoms with Crippen LogP contribution in [0.1, 0.15) is 5.56 Å². The van der Waals surface area contributed by atoms with Crippen LogP contribution in [0.4, 0.5) is 13.2 Å². The lowest BCUT2D eigenvalue weighted by atomic mass is 10.2. The number of halogens is 3. The van der Waals surface area contributed by atoms with Crippen molar-refractivity contribution in [2.75, 3.05) is 0 Å². The van der Waals surface area contributed by atoms with Crippen LogP contribution in [-0.4, -0.2) is 19.1 Å². The average molecular weight is 406 g/mol. The normalized spacial score (nSPS) is 12.0. The third kappa shape index (κ3) is 2.85. The lowest BCUT2D eigenvalue weighted by molar-refractivity contribution is -0.137. The maximum Gasteiger partial charge on any atom is 0.416 e. The lowest BCUT2D eigenvalue weighted by Gasteiger charge is -2.09. The number of nitrogens with zero attached hydrogens (tertiary/aromatic N) is 4. The number of benzene rings is 3. The molecule has 0 spiro atoms. The largest absolute Gasteiger partial charge is 0.416 e. The smallest absolute Gasteiger partial charge is 0.247 e. The van der Waals surface area contributed by atoms with Crippen molar-refractivity contribution in [3.63, 3.8) is 0 Å². The van der Waals surface area contributed by atoms with Gasteiger partial charge in [-0.1, -0.05) is 36.4 Å². The van der Waals surface area contributed by atoms with Gasteiger partial charge in [0.05, 0.1) is 28.0 Å². The van der Waals surface area contributed by atoms with Gasteiger partial charge in [0, 0.05) is 0 Å². The van der Waals surface area contributed by atoms with E-state index in [0.29, 0.717) is 16.7 Å². The fourth-order valence-electron chi connectivity index (χ4n) is 3.43. The van der Waals surface area contributed by atoms with E-state index in [0.717, 1.165) is 16.7 Å². The molecule has 8 heteroatoms. The van der Waals surface area contributed by atoms with Gasteiger partial charge >= 0.3 is 11.9 Å². The van der Waals surface area contributed by atoms with Crippen LogP contribution in [0.5, 0.6) is 0 Å². The molecule has 0 saturated heterocycles. The molecule has 0 saturated carbocycles. The van der Waals surface area contributed by atoms with E-state index in [1.165, 1.54) is 16.7 Å². The van der Waals surface area contributed by atoms with Crippen molar-refractivity contribution in [2.45, 2.75) is 6.18 Å². The maximum atomic E-state index is 13.4. The third-order valence-electron chi connectivity index (χ3n) is 4.79. The molecule has 0 aliphatic heterocycles. The van der Waals surface area contributed by atoms with E-state index >= 15 is 0 Å². The van der Waals surface area contributed by atoms with Gasteiger partial charge in [0.1, 0.15) is 0 Å². The highest BCUT2D eigenvalue weighted by atomic mass is 19.4. The summed E-state index contributed by atoms with van der Waals surface area (Å²) in [5.74, 6) is 0. The Morgan fingerprint density at radius 3 is 1.80 bits per heavy atom. The molecule has 0 radical (unpaired) electrons. The molecule has 3 aromatic carbocycles. The number of hydrogen-bond acceptors (Lipinski definition) is 3. The molecule has 5 rings (SSSR count). The van der Waals surface area contributed by atoms with E-state index in [2.05, 4.69) is 9.97 Å². The number of hydrogen-bond donors (Lipinski definition) is 0. The Morgan fingerprint density at radius 2 is 1.20 bits per heavy atom. The second-order valence-electron chi connectivity index (χ2n) is 6.70. The van der Waals surface area contributed by atoms with Gasteiger partial charge < -0.3 is 0 Å². The predicted molar refractivity (Wildman–Crippen MR) is 107 cm³/mol. The van der Waals surface area contributed by atoms with Crippen LogP contribution in [0.15, 0.2) is 83.7 Å². The fourth-order valence-corrected chi connectivity index (χ4v) is 3.43. The molecule has 0 unspecified atom stereocenters. The number of rotatable bonds is 2. The van der Waals surface area contributed by atoms with Crippen LogP contribution in [0.3, 0.4) is 0 Å². The quantitative estimate of drug-likeness (QED) is 0.425. The molecule has 0 fully saturated rings. The zero-order valence-electron chi connectivity index (χ0n) is 15.3. The molecule has 148 valence electrons. The molecule has 30 heavy (non-hydrogen) atoms. The van der Waals surface area contributed by atoms with Crippen molar-refractivity contribution >= 4 is 22.3 Å². The van der Waals surface area contributed by atoms with Crippen molar-refractivity contribution in [1.82, 2.24) is 19.1 Å². The first-order chi connectivity index (χ1) is 14.4. The highest BCUT2D eigenvalue weighted by molar-refractivity contribution is 5.84. The summed E-state index contributed by atoms with van der Waals surface area (Å²) in [4.78, 5) is 22.5. The predicted octanol–water partition coefficient (Wildman–Crippen LogP) is 4.74. The molecule has 2 aromatic heterocycles.